The maximum atomic E-state index is 3.56. The van der Waals surface area contributed by atoms with Crippen molar-refractivity contribution in [2.45, 2.75) is 44.4 Å². The van der Waals surface area contributed by atoms with Crippen LogP contribution in [0.2, 0.25) is 0 Å². The number of thioether (sulfide) groups is 1. The van der Waals surface area contributed by atoms with Crippen LogP contribution in [0.4, 0.5) is 0 Å². The fraction of sp³-hybridized carbons (Fsp3) is 0.600. The lowest BCUT2D eigenvalue weighted by atomic mass is 10.1. The molecule has 1 nitrogen and oxygen atoms in total. The van der Waals surface area contributed by atoms with Crippen molar-refractivity contribution in [2.24, 2.45) is 0 Å². The predicted molar refractivity (Wildman–Crippen MR) is 77.8 cm³/mol. The monoisotopic (exact) mass is 249 g/mol. The van der Waals surface area contributed by atoms with Crippen molar-refractivity contribution >= 4 is 11.8 Å². The topological polar surface area (TPSA) is 12.0 Å². The molecule has 1 N–H and O–H groups in total. The highest BCUT2D eigenvalue weighted by molar-refractivity contribution is 7.99. The van der Waals surface area contributed by atoms with Crippen LogP contribution in [0.15, 0.2) is 18.2 Å². The highest BCUT2D eigenvalue weighted by Crippen LogP contribution is 2.23. The minimum atomic E-state index is 0.330. The second-order valence-electron chi connectivity index (χ2n) is 5.52. The van der Waals surface area contributed by atoms with Crippen LogP contribution >= 0.6 is 11.8 Å². The molecular formula is C15H23NS. The zero-order valence-corrected chi connectivity index (χ0v) is 12.0. The normalized spacial score (nSPS) is 15.0. The molecule has 1 aromatic rings. The fourth-order valence-corrected chi connectivity index (χ4v) is 2.56. The van der Waals surface area contributed by atoms with Crippen molar-refractivity contribution in [3.63, 3.8) is 0 Å². The molecule has 2 rings (SSSR count). The van der Waals surface area contributed by atoms with Crippen molar-refractivity contribution in [1.29, 1.82) is 0 Å². The highest BCUT2D eigenvalue weighted by Gasteiger charge is 2.15. The van der Waals surface area contributed by atoms with Gasteiger partial charge in [-0.3, -0.25) is 0 Å². The zero-order chi connectivity index (χ0) is 12.3. The first-order chi connectivity index (χ1) is 8.11. The van der Waals surface area contributed by atoms with Crippen molar-refractivity contribution in [1.82, 2.24) is 5.32 Å². The van der Waals surface area contributed by atoms with Crippen LogP contribution < -0.4 is 5.32 Å². The van der Waals surface area contributed by atoms with Gasteiger partial charge in [0.2, 0.25) is 0 Å². The number of nitrogens with one attached hydrogen (secondary N) is 1. The minimum absolute atomic E-state index is 0.330. The summed E-state index contributed by atoms with van der Waals surface area (Å²) >= 11 is 1.92. The van der Waals surface area contributed by atoms with Crippen molar-refractivity contribution < 1.29 is 0 Å². The Balaban J connectivity index is 1.88. The van der Waals surface area contributed by atoms with E-state index in [-0.39, 0.29) is 0 Å². The van der Waals surface area contributed by atoms with Gasteiger partial charge in [-0.2, -0.15) is 11.8 Å². The van der Waals surface area contributed by atoms with Crippen LogP contribution in [-0.2, 0) is 19.4 Å². The molecule has 0 aromatic heterocycles. The van der Waals surface area contributed by atoms with Crippen LogP contribution in [0.1, 0.15) is 37.0 Å². The standard InChI is InChI=1S/C15H23NS/c1-15(2,17-3)11-16-10-12-7-8-13-5-4-6-14(13)9-12/h7-9,16H,4-6,10-11H2,1-3H3. The molecule has 0 atom stereocenters. The molecule has 0 fully saturated rings. The molecule has 1 aromatic carbocycles. The number of rotatable bonds is 5. The van der Waals surface area contributed by atoms with Gasteiger partial charge in [-0.1, -0.05) is 18.2 Å². The Bertz CT molecular complexity index is 385. The van der Waals surface area contributed by atoms with E-state index in [9.17, 15) is 0 Å². The van der Waals surface area contributed by atoms with E-state index in [4.69, 9.17) is 0 Å². The van der Waals surface area contributed by atoms with E-state index >= 15 is 0 Å². The van der Waals surface area contributed by atoms with Gasteiger partial charge in [0, 0.05) is 17.8 Å². The van der Waals surface area contributed by atoms with Crippen molar-refractivity contribution in [3.8, 4) is 0 Å². The van der Waals surface area contributed by atoms with Gasteiger partial charge in [0.05, 0.1) is 0 Å². The molecule has 17 heavy (non-hydrogen) atoms. The average Bonchev–Trinajstić information content (AvgIpc) is 2.76. The summed E-state index contributed by atoms with van der Waals surface area (Å²) in [7, 11) is 0. The molecule has 0 heterocycles. The second kappa shape index (κ2) is 5.45. The summed E-state index contributed by atoms with van der Waals surface area (Å²) in [6.45, 7) is 6.63. The maximum Gasteiger partial charge on any atom is 0.0225 e. The smallest absolute Gasteiger partial charge is 0.0225 e. The first kappa shape index (κ1) is 13.0. The summed E-state index contributed by atoms with van der Waals surface area (Å²) in [5.41, 5.74) is 4.58. The SMILES string of the molecule is CSC(C)(C)CNCc1ccc2c(c1)CCC2. The Morgan fingerprint density at radius 1 is 1.24 bits per heavy atom. The third-order valence-electron chi connectivity index (χ3n) is 3.60. The van der Waals surface area contributed by atoms with Crippen LogP contribution in [0.25, 0.3) is 0 Å². The van der Waals surface area contributed by atoms with E-state index in [0.717, 1.165) is 13.1 Å². The lowest BCUT2D eigenvalue weighted by molar-refractivity contribution is 0.591. The second-order valence-corrected chi connectivity index (χ2v) is 7.04. The first-order valence-corrected chi connectivity index (χ1v) is 7.70. The van der Waals surface area contributed by atoms with Crippen LogP contribution in [0.3, 0.4) is 0 Å². The summed E-state index contributed by atoms with van der Waals surface area (Å²) in [6, 6.07) is 6.99. The van der Waals surface area contributed by atoms with Crippen LogP contribution in [0.5, 0.6) is 0 Å². The van der Waals surface area contributed by atoms with Gasteiger partial charge in [0.25, 0.3) is 0 Å². The lowest BCUT2D eigenvalue weighted by Crippen LogP contribution is -2.31. The van der Waals surface area contributed by atoms with Gasteiger partial charge in [-0.15, -0.1) is 0 Å². The van der Waals surface area contributed by atoms with Crippen LogP contribution in [0, 0.1) is 0 Å². The van der Waals surface area contributed by atoms with Gasteiger partial charge in [0.15, 0.2) is 0 Å². The number of benzene rings is 1. The van der Waals surface area contributed by atoms with Crippen molar-refractivity contribution in [2.75, 3.05) is 12.8 Å². The number of hydrogen-bond donors (Lipinski definition) is 1. The van der Waals surface area contributed by atoms with Gasteiger partial charge < -0.3 is 5.32 Å². The van der Waals surface area contributed by atoms with Gasteiger partial charge >= 0.3 is 0 Å². The maximum absolute atomic E-state index is 3.56. The third kappa shape index (κ3) is 3.49. The molecule has 1 aliphatic rings. The largest absolute Gasteiger partial charge is 0.311 e. The molecule has 0 saturated heterocycles. The lowest BCUT2D eigenvalue weighted by Gasteiger charge is -2.22. The number of fused-ring (bicyclic) bond motifs is 1. The average molecular weight is 249 g/mol. The van der Waals surface area contributed by atoms with E-state index in [1.807, 2.05) is 11.8 Å². The minimum Gasteiger partial charge on any atom is -0.311 e. The number of aryl methyl sites for hydroxylation is 2. The molecule has 1 aliphatic carbocycles. The summed E-state index contributed by atoms with van der Waals surface area (Å²) < 4.78 is 0.330. The highest BCUT2D eigenvalue weighted by atomic mass is 32.2. The van der Waals surface area contributed by atoms with Crippen LogP contribution in [-0.4, -0.2) is 17.5 Å². The predicted octanol–water partition coefficient (Wildman–Crippen LogP) is 3.41. The summed E-state index contributed by atoms with van der Waals surface area (Å²) in [5.74, 6) is 0. The van der Waals surface area contributed by atoms with Gasteiger partial charge in [-0.05, 0) is 56.1 Å². The van der Waals surface area contributed by atoms with Crippen molar-refractivity contribution in [3.05, 3.63) is 34.9 Å². The Morgan fingerprint density at radius 3 is 2.76 bits per heavy atom. The van der Waals surface area contributed by atoms with E-state index in [0.29, 0.717) is 4.75 Å². The Labute approximate surface area is 109 Å². The molecular weight excluding hydrogens is 226 g/mol. The first-order valence-electron chi connectivity index (χ1n) is 6.47. The molecule has 0 saturated carbocycles. The molecule has 0 bridgehead atoms. The molecule has 94 valence electrons. The van der Waals surface area contributed by atoms with Gasteiger partial charge in [-0.25, -0.2) is 0 Å². The van der Waals surface area contributed by atoms with E-state index in [1.165, 1.54) is 24.8 Å². The molecule has 0 spiro atoms. The summed E-state index contributed by atoms with van der Waals surface area (Å²) in [4.78, 5) is 0. The quantitative estimate of drug-likeness (QED) is 0.858. The molecule has 0 aliphatic heterocycles. The van der Waals surface area contributed by atoms with E-state index in [1.54, 1.807) is 11.1 Å². The zero-order valence-electron chi connectivity index (χ0n) is 11.2. The Hall–Kier alpha value is -0.470. The molecule has 0 unspecified atom stereocenters. The van der Waals surface area contributed by atoms with E-state index in [2.05, 4.69) is 43.6 Å². The molecule has 2 heteroatoms. The van der Waals surface area contributed by atoms with E-state index < -0.39 is 0 Å². The molecule has 0 radical (unpaired) electrons. The summed E-state index contributed by atoms with van der Waals surface area (Å²) in [6.07, 6.45) is 6.07. The summed E-state index contributed by atoms with van der Waals surface area (Å²) in [5, 5.41) is 3.56. The molecule has 0 amide bonds. The third-order valence-corrected chi connectivity index (χ3v) is 4.84. The Morgan fingerprint density at radius 2 is 2.00 bits per heavy atom. The number of hydrogen-bond acceptors (Lipinski definition) is 2. The Kier molecular flexibility index (Phi) is 4.16. The van der Waals surface area contributed by atoms with Gasteiger partial charge in [0.1, 0.15) is 0 Å². The fourth-order valence-electron chi connectivity index (χ4n) is 2.32.